The molecule has 0 amide bonds. The highest BCUT2D eigenvalue weighted by molar-refractivity contribution is 5.81. The van der Waals surface area contributed by atoms with E-state index in [0.29, 0.717) is 6.67 Å². The summed E-state index contributed by atoms with van der Waals surface area (Å²) in [6.45, 7) is 0.701. The molecule has 14 heavy (non-hydrogen) atoms. The molecular weight excluding hydrogens is 180 g/mol. The van der Waals surface area contributed by atoms with Crippen molar-refractivity contribution in [2.45, 2.75) is 0 Å². The molecule has 0 atom stereocenters. The van der Waals surface area contributed by atoms with Crippen molar-refractivity contribution < 1.29 is 9.90 Å². The lowest BCUT2D eigenvalue weighted by molar-refractivity contribution is -0.135. The summed E-state index contributed by atoms with van der Waals surface area (Å²) in [5.74, 6) is -0.796. The quantitative estimate of drug-likeness (QED) is 0.758. The van der Waals surface area contributed by atoms with Crippen molar-refractivity contribution in [3.63, 3.8) is 0 Å². The molecule has 0 fully saturated rings. The fraction of sp³-hybridized carbons (Fsp3) is 0.300. The second kappa shape index (κ2) is 3.21. The summed E-state index contributed by atoms with van der Waals surface area (Å²) in [7, 11) is 1.96. The molecule has 0 aromatic heterocycles. The van der Waals surface area contributed by atoms with Crippen LogP contribution in [0.1, 0.15) is 0 Å². The summed E-state index contributed by atoms with van der Waals surface area (Å²) in [4.78, 5) is 14.5. The van der Waals surface area contributed by atoms with Crippen LogP contribution in [0.5, 0.6) is 0 Å². The predicted molar refractivity (Wildman–Crippen MR) is 54.7 cm³/mol. The summed E-state index contributed by atoms with van der Waals surface area (Å²) in [5.41, 5.74) is 2.09. The number of aliphatic carboxylic acids is 1. The molecule has 1 aliphatic rings. The van der Waals surface area contributed by atoms with Gasteiger partial charge in [-0.15, -0.1) is 0 Å². The Hall–Kier alpha value is -1.71. The predicted octanol–water partition coefficient (Wildman–Crippen LogP) is 0.985. The van der Waals surface area contributed by atoms with E-state index in [1.54, 1.807) is 0 Å². The van der Waals surface area contributed by atoms with Gasteiger partial charge in [0, 0.05) is 7.05 Å². The van der Waals surface area contributed by atoms with Gasteiger partial charge in [0.25, 0.3) is 0 Å². The Labute approximate surface area is 82.4 Å². The fourth-order valence-corrected chi connectivity index (χ4v) is 1.76. The molecule has 0 bridgehead atoms. The summed E-state index contributed by atoms with van der Waals surface area (Å²) < 4.78 is 0. The minimum Gasteiger partial charge on any atom is -0.480 e. The van der Waals surface area contributed by atoms with E-state index in [-0.39, 0.29) is 6.54 Å². The summed E-state index contributed by atoms with van der Waals surface area (Å²) >= 11 is 0. The molecule has 0 spiro atoms. The average Bonchev–Trinajstić information content (AvgIpc) is 2.44. The second-order valence-electron chi connectivity index (χ2n) is 3.42. The van der Waals surface area contributed by atoms with Crippen molar-refractivity contribution in [2.24, 2.45) is 0 Å². The van der Waals surface area contributed by atoms with Crippen LogP contribution in [0.25, 0.3) is 0 Å². The molecule has 2 rings (SSSR count). The maximum Gasteiger partial charge on any atom is 0.323 e. The molecule has 0 unspecified atom stereocenters. The van der Waals surface area contributed by atoms with Crippen LogP contribution >= 0.6 is 0 Å². The number of rotatable bonds is 2. The molecule has 4 heteroatoms. The molecular formula is C10H12N2O2. The third kappa shape index (κ3) is 1.39. The minimum atomic E-state index is -0.796. The van der Waals surface area contributed by atoms with E-state index >= 15 is 0 Å². The number of hydrogen-bond donors (Lipinski definition) is 1. The number of fused-ring (bicyclic) bond motifs is 1. The number of para-hydroxylation sites is 2. The molecule has 0 radical (unpaired) electrons. The lowest BCUT2D eigenvalue weighted by Crippen LogP contribution is -2.32. The number of carbonyl (C=O) groups is 1. The molecule has 0 saturated heterocycles. The Bertz CT molecular complexity index is 365. The van der Waals surface area contributed by atoms with Crippen molar-refractivity contribution in [3.8, 4) is 0 Å². The van der Waals surface area contributed by atoms with Crippen LogP contribution in [0.15, 0.2) is 24.3 Å². The van der Waals surface area contributed by atoms with E-state index in [0.717, 1.165) is 11.4 Å². The number of hydrogen-bond acceptors (Lipinski definition) is 3. The standard InChI is InChI=1S/C10H12N2O2/c1-11-7-12(6-10(13)14)9-5-3-2-4-8(9)11/h2-5H,6-7H2,1H3,(H,13,14). The van der Waals surface area contributed by atoms with Gasteiger partial charge >= 0.3 is 5.97 Å². The minimum absolute atomic E-state index is 0.0569. The van der Waals surface area contributed by atoms with Crippen LogP contribution < -0.4 is 9.80 Å². The van der Waals surface area contributed by atoms with E-state index in [9.17, 15) is 4.79 Å². The molecule has 1 heterocycles. The number of carboxylic acid groups (broad SMARTS) is 1. The van der Waals surface area contributed by atoms with Gasteiger partial charge in [0.1, 0.15) is 6.54 Å². The third-order valence-electron chi connectivity index (χ3n) is 2.34. The van der Waals surface area contributed by atoms with Crippen molar-refractivity contribution in [1.82, 2.24) is 0 Å². The van der Waals surface area contributed by atoms with Crippen LogP contribution in [-0.4, -0.2) is 31.3 Å². The van der Waals surface area contributed by atoms with Gasteiger partial charge in [-0.1, -0.05) is 12.1 Å². The molecule has 74 valence electrons. The van der Waals surface area contributed by atoms with Crippen molar-refractivity contribution in [3.05, 3.63) is 24.3 Å². The first kappa shape index (κ1) is 8.87. The Balaban J connectivity index is 2.29. The van der Waals surface area contributed by atoms with Crippen LogP contribution in [0.3, 0.4) is 0 Å². The molecule has 1 aromatic carbocycles. The highest BCUT2D eigenvalue weighted by Crippen LogP contribution is 2.33. The number of benzene rings is 1. The van der Waals surface area contributed by atoms with Crippen LogP contribution in [0, 0.1) is 0 Å². The Morgan fingerprint density at radius 3 is 2.71 bits per heavy atom. The van der Waals surface area contributed by atoms with E-state index in [4.69, 9.17) is 5.11 Å². The summed E-state index contributed by atoms with van der Waals surface area (Å²) in [6, 6.07) is 7.82. The maximum atomic E-state index is 10.6. The van der Waals surface area contributed by atoms with Gasteiger partial charge in [0.05, 0.1) is 18.0 Å². The molecule has 1 aliphatic heterocycles. The Morgan fingerprint density at radius 1 is 1.43 bits per heavy atom. The zero-order chi connectivity index (χ0) is 10.1. The van der Waals surface area contributed by atoms with Gasteiger partial charge in [0.15, 0.2) is 0 Å². The molecule has 0 saturated carbocycles. The van der Waals surface area contributed by atoms with Crippen molar-refractivity contribution >= 4 is 17.3 Å². The Kier molecular flexibility index (Phi) is 2.04. The second-order valence-corrected chi connectivity index (χ2v) is 3.42. The van der Waals surface area contributed by atoms with Gasteiger partial charge in [-0.2, -0.15) is 0 Å². The van der Waals surface area contributed by atoms with Gasteiger partial charge < -0.3 is 14.9 Å². The zero-order valence-electron chi connectivity index (χ0n) is 7.97. The number of nitrogens with zero attached hydrogens (tertiary/aromatic N) is 2. The van der Waals surface area contributed by atoms with Gasteiger partial charge in [-0.05, 0) is 12.1 Å². The van der Waals surface area contributed by atoms with E-state index in [1.807, 2.05) is 41.1 Å². The largest absolute Gasteiger partial charge is 0.480 e. The fourth-order valence-electron chi connectivity index (χ4n) is 1.76. The monoisotopic (exact) mass is 192 g/mol. The molecule has 1 N–H and O–H groups in total. The first-order valence-electron chi connectivity index (χ1n) is 4.45. The third-order valence-corrected chi connectivity index (χ3v) is 2.34. The van der Waals surface area contributed by atoms with Crippen LogP contribution in [0.4, 0.5) is 11.4 Å². The molecule has 0 aliphatic carbocycles. The normalized spacial score (nSPS) is 14.4. The Morgan fingerprint density at radius 2 is 2.07 bits per heavy atom. The van der Waals surface area contributed by atoms with Crippen molar-refractivity contribution in [2.75, 3.05) is 30.1 Å². The topological polar surface area (TPSA) is 43.8 Å². The van der Waals surface area contributed by atoms with Crippen LogP contribution in [0.2, 0.25) is 0 Å². The summed E-state index contributed by atoms with van der Waals surface area (Å²) in [5, 5.41) is 8.73. The lowest BCUT2D eigenvalue weighted by Gasteiger charge is -2.16. The van der Waals surface area contributed by atoms with Gasteiger partial charge in [-0.3, -0.25) is 4.79 Å². The van der Waals surface area contributed by atoms with E-state index < -0.39 is 5.97 Å². The lowest BCUT2D eigenvalue weighted by atomic mass is 10.2. The van der Waals surface area contributed by atoms with Crippen molar-refractivity contribution in [1.29, 1.82) is 0 Å². The summed E-state index contributed by atoms with van der Waals surface area (Å²) in [6.07, 6.45) is 0. The number of anilines is 2. The highest BCUT2D eigenvalue weighted by atomic mass is 16.4. The van der Waals surface area contributed by atoms with Gasteiger partial charge in [0.2, 0.25) is 0 Å². The molecule has 1 aromatic rings. The SMILES string of the molecule is CN1CN(CC(=O)O)c2ccccc21. The zero-order valence-corrected chi connectivity index (χ0v) is 7.97. The average molecular weight is 192 g/mol. The first-order valence-corrected chi connectivity index (χ1v) is 4.45. The maximum absolute atomic E-state index is 10.6. The smallest absolute Gasteiger partial charge is 0.323 e. The molecule has 4 nitrogen and oxygen atoms in total. The highest BCUT2D eigenvalue weighted by Gasteiger charge is 2.23. The number of carboxylic acids is 1. The van der Waals surface area contributed by atoms with E-state index in [1.165, 1.54) is 0 Å². The first-order chi connectivity index (χ1) is 6.68. The van der Waals surface area contributed by atoms with Gasteiger partial charge in [-0.25, -0.2) is 0 Å². The van der Waals surface area contributed by atoms with E-state index in [2.05, 4.69) is 0 Å². The van der Waals surface area contributed by atoms with Crippen LogP contribution in [-0.2, 0) is 4.79 Å².